The van der Waals surface area contributed by atoms with Crippen molar-refractivity contribution in [1.82, 2.24) is 9.62 Å². The summed E-state index contributed by atoms with van der Waals surface area (Å²) in [5, 5.41) is -0.424. The third-order valence-corrected chi connectivity index (χ3v) is 6.11. The van der Waals surface area contributed by atoms with Gasteiger partial charge in [0.05, 0.1) is 19.6 Å². The molecule has 2 amide bonds. The molecule has 0 saturated heterocycles. The Bertz CT molecular complexity index is 820. The van der Waals surface area contributed by atoms with Crippen LogP contribution >= 0.6 is 11.9 Å². The maximum Gasteiger partial charge on any atom is 0.311 e. The van der Waals surface area contributed by atoms with Crippen LogP contribution in [0.5, 0.6) is 5.75 Å². The molecule has 1 rings (SSSR count). The van der Waals surface area contributed by atoms with Crippen LogP contribution in [0.1, 0.15) is 63.9 Å². The fourth-order valence-corrected chi connectivity index (χ4v) is 4.22. The average Bonchev–Trinajstić information content (AvgIpc) is 2.76. The average molecular weight is 486 g/mol. The molecule has 0 bridgehead atoms. The molecular weight excluding hydrogens is 450 g/mol. The Hall–Kier alpha value is -1.91. The van der Waals surface area contributed by atoms with Crippen molar-refractivity contribution in [2.24, 2.45) is 4.36 Å². The second-order valence-electron chi connectivity index (χ2n) is 7.46. The summed E-state index contributed by atoms with van der Waals surface area (Å²) in [6.07, 6.45) is 7.55. The molecule has 1 atom stereocenters. The van der Waals surface area contributed by atoms with E-state index in [0.29, 0.717) is 18.6 Å². The van der Waals surface area contributed by atoms with Crippen molar-refractivity contribution >= 4 is 33.6 Å². The smallest absolute Gasteiger partial charge is 0.311 e. The van der Waals surface area contributed by atoms with Gasteiger partial charge in [-0.3, -0.25) is 19.2 Å². The third kappa shape index (κ3) is 11.6. The number of carbonyl (C=O) groups excluding carboxylic acids is 2. The molecule has 0 aliphatic heterocycles. The Kier molecular flexibility index (Phi) is 14.7. The maximum atomic E-state index is 12.9. The zero-order chi connectivity index (χ0) is 23.8. The van der Waals surface area contributed by atoms with Gasteiger partial charge in [-0.1, -0.05) is 57.6 Å². The van der Waals surface area contributed by atoms with E-state index in [9.17, 15) is 18.0 Å². The highest BCUT2D eigenvalue weighted by Gasteiger charge is 2.23. The molecule has 0 aromatic heterocycles. The summed E-state index contributed by atoms with van der Waals surface area (Å²) in [5.41, 5.74) is 0.761. The first-order valence-electron chi connectivity index (χ1n) is 11.0. The summed E-state index contributed by atoms with van der Waals surface area (Å²) >= 11 is 0.823. The van der Waals surface area contributed by atoms with Crippen molar-refractivity contribution in [3.05, 3.63) is 29.8 Å². The Balaban J connectivity index is 2.75. The van der Waals surface area contributed by atoms with Crippen LogP contribution in [0, 0.1) is 0 Å². The first-order valence-corrected chi connectivity index (χ1v) is 12.9. The van der Waals surface area contributed by atoms with Crippen LogP contribution in [0.15, 0.2) is 28.6 Å². The van der Waals surface area contributed by atoms with Crippen molar-refractivity contribution < 1.29 is 22.7 Å². The third-order valence-electron chi connectivity index (χ3n) is 5.04. The van der Waals surface area contributed by atoms with Gasteiger partial charge in [0, 0.05) is 18.5 Å². The lowest BCUT2D eigenvalue weighted by atomic mass is 10.0. The van der Waals surface area contributed by atoms with Gasteiger partial charge in [-0.2, -0.15) is 12.8 Å². The van der Waals surface area contributed by atoms with Gasteiger partial charge in [0.1, 0.15) is 5.75 Å². The van der Waals surface area contributed by atoms with Gasteiger partial charge in [0.25, 0.3) is 0 Å². The molecule has 0 aliphatic rings. The van der Waals surface area contributed by atoms with E-state index < -0.39 is 21.8 Å². The number of hydrogen-bond donors (Lipinski definition) is 1. The van der Waals surface area contributed by atoms with E-state index >= 15 is 0 Å². The molecule has 180 valence electrons. The van der Waals surface area contributed by atoms with E-state index in [2.05, 4.69) is 16.0 Å². The Morgan fingerprint density at radius 3 is 2.34 bits per heavy atom. The summed E-state index contributed by atoms with van der Waals surface area (Å²) in [7, 11) is 0.647. The molecule has 8 nitrogen and oxygen atoms in total. The first kappa shape index (κ1) is 28.1. The molecule has 32 heavy (non-hydrogen) atoms. The number of rotatable bonds is 15. The number of benzene rings is 1. The lowest BCUT2D eigenvalue weighted by Gasteiger charge is -2.22. The predicted octanol–water partition coefficient (Wildman–Crippen LogP) is 4.63. The van der Waals surface area contributed by atoms with Gasteiger partial charge in [0.15, 0.2) is 0 Å². The van der Waals surface area contributed by atoms with E-state index in [1.807, 2.05) is 0 Å². The number of carbonyl (C=O) groups is 2. The first-order chi connectivity index (χ1) is 15.4. The molecule has 0 radical (unpaired) electrons. The summed E-state index contributed by atoms with van der Waals surface area (Å²) in [4.78, 5) is 26.5. The van der Waals surface area contributed by atoms with Crippen molar-refractivity contribution in [3.63, 3.8) is 0 Å². The Labute approximate surface area is 197 Å². The molecular formula is C22H35N3O5S2. The van der Waals surface area contributed by atoms with Gasteiger partial charge in [-0.25, -0.2) is 0 Å². The normalized spacial score (nSPS) is 11.6. The SMILES string of the molecule is CCCCCCCCC(CCN(C(=O)Cc1ccc(OC)cc1)C(=O)SNC)N=S(=O)=O. The van der Waals surface area contributed by atoms with Crippen LogP contribution in [-0.4, -0.2) is 51.2 Å². The van der Waals surface area contributed by atoms with Crippen LogP contribution in [-0.2, 0) is 21.7 Å². The van der Waals surface area contributed by atoms with Crippen LogP contribution in [0.2, 0.25) is 0 Å². The van der Waals surface area contributed by atoms with E-state index in [1.165, 1.54) is 24.2 Å². The molecule has 0 heterocycles. The number of hydrogen-bond acceptors (Lipinski definition) is 8. The minimum Gasteiger partial charge on any atom is -0.497 e. The summed E-state index contributed by atoms with van der Waals surface area (Å²) < 4.78 is 33.9. The number of nitrogens with zero attached hydrogens (tertiary/aromatic N) is 2. The lowest BCUT2D eigenvalue weighted by Crippen LogP contribution is -2.38. The Morgan fingerprint density at radius 1 is 1.09 bits per heavy atom. The van der Waals surface area contributed by atoms with Gasteiger partial charge in [0.2, 0.25) is 5.91 Å². The van der Waals surface area contributed by atoms with E-state index in [0.717, 1.165) is 36.8 Å². The largest absolute Gasteiger partial charge is 0.497 e. The van der Waals surface area contributed by atoms with E-state index in [-0.39, 0.29) is 18.9 Å². The highest BCUT2D eigenvalue weighted by molar-refractivity contribution is 8.11. The molecule has 0 aliphatic carbocycles. The van der Waals surface area contributed by atoms with Crippen LogP contribution in [0.25, 0.3) is 0 Å². The number of amides is 2. The fraction of sp³-hybridized carbons (Fsp3) is 0.636. The van der Waals surface area contributed by atoms with Gasteiger partial charge in [-0.05, 0) is 37.6 Å². The fourth-order valence-electron chi connectivity index (χ4n) is 3.28. The maximum absolute atomic E-state index is 12.9. The van der Waals surface area contributed by atoms with Crippen LogP contribution in [0.4, 0.5) is 4.79 Å². The minimum atomic E-state index is -2.52. The van der Waals surface area contributed by atoms with Gasteiger partial charge >= 0.3 is 15.7 Å². The minimum absolute atomic E-state index is 0.0622. The van der Waals surface area contributed by atoms with Crippen molar-refractivity contribution in [1.29, 1.82) is 0 Å². The summed E-state index contributed by atoms with van der Waals surface area (Å²) in [5.74, 6) is 0.342. The van der Waals surface area contributed by atoms with Crippen molar-refractivity contribution in [2.75, 3.05) is 20.7 Å². The zero-order valence-corrected chi connectivity index (χ0v) is 20.8. The molecule has 1 aromatic rings. The topological polar surface area (TPSA) is 105 Å². The molecule has 1 aromatic carbocycles. The number of nitrogens with one attached hydrogen (secondary N) is 1. The second kappa shape index (κ2) is 16.7. The molecule has 1 unspecified atom stereocenters. The quantitative estimate of drug-likeness (QED) is 0.285. The van der Waals surface area contributed by atoms with Crippen LogP contribution in [0.3, 0.4) is 0 Å². The number of unbranched alkanes of at least 4 members (excludes halogenated alkanes) is 5. The predicted molar refractivity (Wildman–Crippen MR) is 128 cm³/mol. The summed E-state index contributed by atoms with van der Waals surface area (Å²) in [6, 6.07) is 6.64. The molecule has 0 saturated carbocycles. The standard InChI is InChI=1S/C22H35N3O5S2/c1-4-5-6-7-8-9-10-19(24-32(28)29)15-16-25(22(27)31-23-2)21(26)17-18-11-13-20(30-3)14-12-18/h11-14,19,23H,4-10,15-17H2,1-3H3. The molecule has 1 N–H and O–H groups in total. The molecule has 0 spiro atoms. The monoisotopic (exact) mass is 485 g/mol. The van der Waals surface area contributed by atoms with E-state index in [4.69, 9.17) is 4.74 Å². The number of ether oxygens (including phenoxy) is 1. The molecule has 10 heteroatoms. The van der Waals surface area contributed by atoms with Crippen LogP contribution < -0.4 is 9.46 Å². The Morgan fingerprint density at radius 2 is 1.75 bits per heavy atom. The molecule has 0 fully saturated rings. The number of imide groups is 1. The van der Waals surface area contributed by atoms with Gasteiger partial charge < -0.3 is 4.74 Å². The lowest BCUT2D eigenvalue weighted by molar-refractivity contribution is -0.127. The number of methoxy groups -OCH3 is 1. The van der Waals surface area contributed by atoms with Crippen molar-refractivity contribution in [2.45, 2.75) is 70.8 Å². The zero-order valence-electron chi connectivity index (χ0n) is 19.2. The highest BCUT2D eigenvalue weighted by atomic mass is 32.2. The van der Waals surface area contributed by atoms with E-state index in [1.54, 1.807) is 38.4 Å². The second-order valence-corrected chi connectivity index (χ2v) is 9.07. The summed E-state index contributed by atoms with van der Waals surface area (Å²) in [6.45, 7) is 2.28. The van der Waals surface area contributed by atoms with Crippen molar-refractivity contribution in [3.8, 4) is 5.75 Å². The highest BCUT2D eigenvalue weighted by Crippen LogP contribution is 2.17. The van der Waals surface area contributed by atoms with Gasteiger partial charge in [-0.15, -0.1) is 0 Å².